The molecule has 0 saturated carbocycles. The quantitative estimate of drug-likeness (QED) is 0.131. The van der Waals surface area contributed by atoms with Crippen LogP contribution in [0.25, 0.3) is 33.2 Å². The molecular formula is C52H49N. The maximum atomic E-state index is 2.54. The highest BCUT2D eigenvalue weighted by molar-refractivity contribution is 6.08. The summed E-state index contributed by atoms with van der Waals surface area (Å²) in [6.07, 6.45) is 27.3. The number of hydrogen-bond acceptors (Lipinski definition) is 1. The van der Waals surface area contributed by atoms with Gasteiger partial charge in [-0.15, -0.1) is 0 Å². The largest absolute Gasteiger partial charge is 0.314 e. The molecule has 1 heteroatoms. The third-order valence-corrected chi connectivity index (χ3v) is 13.2. The van der Waals surface area contributed by atoms with Crippen molar-refractivity contribution in [2.45, 2.75) is 77.0 Å². The molecule has 3 atom stereocenters. The lowest BCUT2D eigenvalue weighted by Crippen LogP contribution is -2.29. The van der Waals surface area contributed by atoms with Crippen LogP contribution in [0.3, 0.4) is 0 Å². The highest BCUT2D eigenvalue weighted by atomic mass is 15.1. The predicted molar refractivity (Wildman–Crippen MR) is 227 cm³/mol. The van der Waals surface area contributed by atoms with E-state index in [1.165, 1.54) is 78.4 Å². The number of nitrogens with zero attached hydrogens (tertiary/aromatic N) is 1. The molecule has 0 saturated heterocycles. The molecule has 0 aliphatic heterocycles. The SMILES string of the molecule is CC1C=CC2c3cccc(C4=CCCC(C5=CC=C(N(c6ccc7c(c6)CCC=C7)c6ccc7c(ccc8ccccc87)c6)CC5)=C4)c3C(C)(C)C2C1. The van der Waals surface area contributed by atoms with Crippen molar-refractivity contribution >= 4 is 44.6 Å². The van der Waals surface area contributed by atoms with Gasteiger partial charge < -0.3 is 4.90 Å². The van der Waals surface area contributed by atoms with Crippen LogP contribution in [0.4, 0.5) is 11.4 Å². The number of anilines is 2. The predicted octanol–water partition coefficient (Wildman–Crippen LogP) is 14.1. The van der Waals surface area contributed by atoms with Gasteiger partial charge in [-0.25, -0.2) is 0 Å². The minimum absolute atomic E-state index is 0.163. The van der Waals surface area contributed by atoms with Crippen LogP contribution in [-0.2, 0) is 11.8 Å². The zero-order valence-electron chi connectivity index (χ0n) is 31.4. The Kier molecular flexibility index (Phi) is 7.83. The van der Waals surface area contributed by atoms with Crippen molar-refractivity contribution in [1.29, 1.82) is 0 Å². The zero-order chi connectivity index (χ0) is 35.7. The fraction of sp³-hybridized carbons (Fsp3) is 0.269. The Morgan fingerprint density at radius 3 is 2.45 bits per heavy atom. The minimum atomic E-state index is 0.163. The molecule has 1 nitrogen and oxygen atoms in total. The molecule has 53 heavy (non-hydrogen) atoms. The van der Waals surface area contributed by atoms with Gasteiger partial charge in [0, 0.05) is 23.0 Å². The van der Waals surface area contributed by atoms with Gasteiger partial charge in [0.15, 0.2) is 0 Å². The summed E-state index contributed by atoms with van der Waals surface area (Å²) in [5.41, 5.74) is 15.9. The fourth-order valence-corrected chi connectivity index (χ4v) is 10.5. The second kappa shape index (κ2) is 12.8. The van der Waals surface area contributed by atoms with Crippen LogP contribution in [-0.4, -0.2) is 0 Å². The first-order valence-corrected chi connectivity index (χ1v) is 20.1. The first-order valence-electron chi connectivity index (χ1n) is 20.1. The lowest BCUT2D eigenvalue weighted by atomic mass is 9.69. The average molecular weight is 688 g/mol. The molecule has 0 radical (unpaired) electrons. The minimum Gasteiger partial charge on any atom is -0.314 e. The number of aryl methyl sites for hydroxylation is 1. The Balaban J connectivity index is 1.01. The van der Waals surface area contributed by atoms with E-state index < -0.39 is 0 Å². The monoisotopic (exact) mass is 687 g/mol. The van der Waals surface area contributed by atoms with E-state index in [4.69, 9.17) is 0 Å². The van der Waals surface area contributed by atoms with Gasteiger partial charge in [0.1, 0.15) is 0 Å². The molecule has 262 valence electrons. The molecule has 3 unspecified atom stereocenters. The molecule has 5 aliphatic rings. The molecule has 0 fully saturated rings. The van der Waals surface area contributed by atoms with Gasteiger partial charge in [0.05, 0.1) is 0 Å². The van der Waals surface area contributed by atoms with Crippen molar-refractivity contribution in [3.8, 4) is 0 Å². The second-order valence-electron chi connectivity index (χ2n) is 16.8. The van der Waals surface area contributed by atoms with Crippen LogP contribution in [0.2, 0.25) is 0 Å². The van der Waals surface area contributed by atoms with Crippen molar-refractivity contribution in [1.82, 2.24) is 0 Å². The second-order valence-corrected chi connectivity index (χ2v) is 16.8. The van der Waals surface area contributed by atoms with Crippen LogP contribution in [0, 0.1) is 11.8 Å². The van der Waals surface area contributed by atoms with E-state index in [9.17, 15) is 0 Å². The summed E-state index contributed by atoms with van der Waals surface area (Å²) in [7, 11) is 0. The first-order chi connectivity index (χ1) is 25.9. The Bertz CT molecular complexity index is 2490. The lowest BCUT2D eigenvalue weighted by Gasteiger charge is -2.35. The summed E-state index contributed by atoms with van der Waals surface area (Å²) in [6, 6.07) is 34.6. The lowest BCUT2D eigenvalue weighted by molar-refractivity contribution is 0.272. The van der Waals surface area contributed by atoms with E-state index in [1.807, 2.05) is 0 Å². The fourth-order valence-electron chi connectivity index (χ4n) is 10.5. The van der Waals surface area contributed by atoms with Crippen LogP contribution in [0.1, 0.15) is 93.0 Å². The summed E-state index contributed by atoms with van der Waals surface area (Å²) >= 11 is 0. The van der Waals surface area contributed by atoms with Crippen LogP contribution in [0.15, 0.2) is 150 Å². The van der Waals surface area contributed by atoms with Crippen molar-refractivity contribution < 1.29 is 0 Å². The Hall–Kier alpha value is -5.14. The Morgan fingerprint density at radius 1 is 0.698 bits per heavy atom. The van der Waals surface area contributed by atoms with Gasteiger partial charge in [-0.2, -0.15) is 0 Å². The summed E-state index contributed by atoms with van der Waals surface area (Å²) < 4.78 is 0. The molecule has 0 bridgehead atoms. The van der Waals surface area contributed by atoms with Crippen molar-refractivity contribution in [2.24, 2.45) is 11.8 Å². The molecule has 5 aromatic carbocycles. The van der Waals surface area contributed by atoms with E-state index in [0.717, 1.165) is 38.5 Å². The third kappa shape index (κ3) is 5.51. The third-order valence-electron chi connectivity index (χ3n) is 13.2. The van der Waals surface area contributed by atoms with Gasteiger partial charge in [-0.05, 0) is 159 Å². The number of benzene rings is 5. The van der Waals surface area contributed by atoms with Gasteiger partial charge in [-0.1, -0.05) is 130 Å². The van der Waals surface area contributed by atoms with E-state index in [2.05, 4.69) is 165 Å². The topological polar surface area (TPSA) is 3.24 Å². The Morgan fingerprint density at radius 2 is 1.55 bits per heavy atom. The molecule has 0 spiro atoms. The van der Waals surface area contributed by atoms with Crippen molar-refractivity contribution in [3.05, 3.63) is 178 Å². The highest BCUT2D eigenvalue weighted by Crippen LogP contribution is 2.57. The van der Waals surface area contributed by atoms with Gasteiger partial charge >= 0.3 is 0 Å². The maximum absolute atomic E-state index is 2.54. The summed E-state index contributed by atoms with van der Waals surface area (Å²) in [6.45, 7) is 7.41. The standard InChI is InChI=1S/C52H49N/c1-34-18-28-48-49-17-9-16-47(51(49)52(2,3)50(48)30-34)40-14-8-13-38(31-40)36-21-24-42(25-22-36)53(43-26-23-35-10-4-5-12-39(35)32-43)44-27-29-46-41(33-44)20-19-37-11-6-7-15-45(37)46/h4,6-7,9-11,14-21,23-24,26-29,31-34,48,50H,5,8,12-13,22,25,30H2,1-3H3. The van der Waals surface area contributed by atoms with Gasteiger partial charge in [0.2, 0.25) is 0 Å². The van der Waals surface area contributed by atoms with E-state index >= 15 is 0 Å². The smallest absolute Gasteiger partial charge is 0.0464 e. The number of hydrogen-bond donors (Lipinski definition) is 0. The summed E-state index contributed by atoms with van der Waals surface area (Å²) in [5, 5.41) is 5.20. The molecule has 0 heterocycles. The Labute approximate surface area is 315 Å². The molecule has 5 aliphatic carbocycles. The van der Waals surface area contributed by atoms with Crippen LogP contribution < -0.4 is 4.90 Å². The normalized spacial score (nSPS) is 22.7. The summed E-state index contributed by atoms with van der Waals surface area (Å²) in [4.78, 5) is 2.53. The van der Waals surface area contributed by atoms with Crippen LogP contribution >= 0.6 is 0 Å². The molecule has 5 aromatic rings. The van der Waals surface area contributed by atoms with Crippen molar-refractivity contribution in [3.63, 3.8) is 0 Å². The summed E-state index contributed by atoms with van der Waals surface area (Å²) in [5.74, 6) is 1.88. The van der Waals surface area contributed by atoms with Gasteiger partial charge in [-0.3, -0.25) is 0 Å². The number of allylic oxidation sites excluding steroid dienone is 11. The zero-order valence-corrected chi connectivity index (χ0v) is 31.4. The number of fused-ring (bicyclic) bond motifs is 7. The average Bonchev–Trinajstić information content (AvgIpc) is 3.43. The van der Waals surface area contributed by atoms with E-state index in [-0.39, 0.29) is 5.41 Å². The molecule has 0 amide bonds. The van der Waals surface area contributed by atoms with E-state index in [0.29, 0.717) is 17.8 Å². The van der Waals surface area contributed by atoms with Crippen molar-refractivity contribution in [2.75, 3.05) is 4.90 Å². The van der Waals surface area contributed by atoms with E-state index in [1.54, 1.807) is 11.1 Å². The van der Waals surface area contributed by atoms with Crippen LogP contribution in [0.5, 0.6) is 0 Å². The number of rotatable bonds is 5. The molecular weight excluding hydrogens is 639 g/mol. The molecule has 10 rings (SSSR count). The molecule has 0 N–H and O–H groups in total. The highest BCUT2D eigenvalue weighted by Gasteiger charge is 2.47. The van der Waals surface area contributed by atoms with Gasteiger partial charge in [0.25, 0.3) is 0 Å². The maximum Gasteiger partial charge on any atom is 0.0464 e. The molecule has 0 aromatic heterocycles. The first kappa shape index (κ1) is 32.5.